The minimum absolute atomic E-state index is 0.0147. The summed E-state index contributed by atoms with van der Waals surface area (Å²) in [5.74, 6) is -0.905. The van der Waals surface area contributed by atoms with Gasteiger partial charge in [-0.3, -0.25) is 0 Å². The molecule has 0 atom stereocenters. The number of phenols is 1. The highest BCUT2D eigenvalue weighted by Gasteiger charge is 2.14. The Labute approximate surface area is 92.5 Å². The smallest absolute Gasteiger partial charge is 0.341 e. The number of aromatic hydroxyl groups is 1. The molecule has 0 heterocycles. The van der Waals surface area contributed by atoms with Gasteiger partial charge in [0.25, 0.3) is 0 Å². The number of nitrogens with zero attached hydrogens (tertiary/aromatic N) is 1. The van der Waals surface area contributed by atoms with Crippen LogP contribution in [0.3, 0.4) is 0 Å². The lowest BCUT2D eigenvalue weighted by atomic mass is 10.1. The highest BCUT2D eigenvalue weighted by Crippen LogP contribution is 2.25. The Kier molecular flexibility index (Phi) is 3.58. The van der Waals surface area contributed by atoms with E-state index in [-0.39, 0.29) is 23.5 Å². The van der Waals surface area contributed by atoms with E-state index in [0.717, 1.165) is 0 Å². The number of benzene rings is 1. The van der Waals surface area contributed by atoms with E-state index >= 15 is 0 Å². The van der Waals surface area contributed by atoms with E-state index in [0.29, 0.717) is 4.90 Å². The van der Waals surface area contributed by atoms with Crippen LogP contribution in [-0.4, -0.2) is 17.7 Å². The van der Waals surface area contributed by atoms with Crippen molar-refractivity contribution < 1.29 is 14.6 Å². The van der Waals surface area contributed by atoms with Crippen molar-refractivity contribution in [1.29, 1.82) is 5.26 Å². The normalized spacial score (nSPS) is 9.40. The fraction of sp³-hybridized carbons (Fsp3) is 0.200. The Hall–Kier alpha value is -1.67. The van der Waals surface area contributed by atoms with E-state index in [1.165, 1.54) is 12.1 Å². The first-order valence-corrected chi connectivity index (χ1v) is 4.68. The monoisotopic (exact) mass is 223 g/mol. The third kappa shape index (κ3) is 2.42. The summed E-state index contributed by atoms with van der Waals surface area (Å²) in [5, 5.41) is 18.1. The Balaban J connectivity index is 3.17. The summed E-state index contributed by atoms with van der Waals surface area (Å²) in [5.41, 5.74) is 0.227. The summed E-state index contributed by atoms with van der Waals surface area (Å²) >= 11 is 4.02. The second-order valence-corrected chi connectivity index (χ2v) is 3.20. The Morgan fingerprint density at radius 1 is 1.67 bits per heavy atom. The maximum absolute atomic E-state index is 11.3. The van der Waals surface area contributed by atoms with Gasteiger partial charge in [0.15, 0.2) is 0 Å². The van der Waals surface area contributed by atoms with E-state index in [1.54, 1.807) is 6.92 Å². The molecule has 0 aliphatic rings. The maximum atomic E-state index is 11.3. The lowest BCUT2D eigenvalue weighted by Gasteiger charge is -2.05. The van der Waals surface area contributed by atoms with Crippen LogP contribution in [0.2, 0.25) is 0 Å². The molecule has 0 fully saturated rings. The van der Waals surface area contributed by atoms with E-state index in [2.05, 4.69) is 12.6 Å². The molecule has 1 aromatic rings. The molecule has 1 rings (SSSR count). The molecule has 0 bridgehead atoms. The van der Waals surface area contributed by atoms with Crippen LogP contribution in [0.5, 0.6) is 5.75 Å². The first kappa shape index (κ1) is 11.4. The van der Waals surface area contributed by atoms with Crippen molar-refractivity contribution in [3.05, 3.63) is 23.3 Å². The first-order valence-electron chi connectivity index (χ1n) is 4.23. The molecule has 1 aromatic carbocycles. The SMILES string of the molecule is CCOC(=O)c1cc(S)c(C#N)cc1O. The number of thiol groups is 1. The van der Waals surface area contributed by atoms with Gasteiger partial charge in [0.05, 0.1) is 12.2 Å². The summed E-state index contributed by atoms with van der Waals surface area (Å²) in [6.07, 6.45) is 0. The Bertz CT molecular complexity index is 437. The number of carbonyl (C=O) groups excluding carboxylic acids is 1. The minimum Gasteiger partial charge on any atom is -0.507 e. The zero-order valence-electron chi connectivity index (χ0n) is 8.02. The quantitative estimate of drug-likeness (QED) is 0.591. The van der Waals surface area contributed by atoms with Crippen molar-refractivity contribution in [1.82, 2.24) is 0 Å². The summed E-state index contributed by atoms with van der Waals surface area (Å²) in [4.78, 5) is 11.7. The standard InChI is InChI=1S/C10H9NO3S/c1-2-14-10(13)7-4-9(15)6(5-11)3-8(7)12/h3-4,12,15H,2H2,1H3. The number of hydrogen-bond donors (Lipinski definition) is 2. The zero-order valence-corrected chi connectivity index (χ0v) is 8.91. The number of nitriles is 1. The molecule has 0 aliphatic heterocycles. The van der Waals surface area contributed by atoms with Crippen LogP contribution in [0.25, 0.3) is 0 Å². The first-order chi connectivity index (χ1) is 7.10. The van der Waals surface area contributed by atoms with Gasteiger partial charge in [-0.15, -0.1) is 12.6 Å². The fourth-order valence-corrected chi connectivity index (χ4v) is 1.28. The largest absolute Gasteiger partial charge is 0.507 e. The molecule has 0 aliphatic carbocycles. The summed E-state index contributed by atoms with van der Waals surface area (Å²) in [6, 6.07) is 4.35. The van der Waals surface area contributed by atoms with Gasteiger partial charge in [0.2, 0.25) is 0 Å². The molecule has 0 saturated carbocycles. The average Bonchev–Trinajstić information content (AvgIpc) is 2.21. The number of hydrogen-bond acceptors (Lipinski definition) is 5. The van der Waals surface area contributed by atoms with Crippen LogP contribution < -0.4 is 0 Å². The van der Waals surface area contributed by atoms with Crippen molar-refractivity contribution in [3.63, 3.8) is 0 Å². The van der Waals surface area contributed by atoms with Crippen LogP contribution in [0.15, 0.2) is 17.0 Å². The molecule has 15 heavy (non-hydrogen) atoms. The molecule has 0 radical (unpaired) electrons. The Morgan fingerprint density at radius 3 is 2.87 bits per heavy atom. The molecular weight excluding hydrogens is 214 g/mol. The molecule has 0 unspecified atom stereocenters. The zero-order chi connectivity index (χ0) is 11.4. The molecule has 0 spiro atoms. The highest BCUT2D eigenvalue weighted by atomic mass is 32.1. The van der Waals surface area contributed by atoms with Crippen molar-refractivity contribution in [3.8, 4) is 11.8 Å². The number of rotatable bonds is 2. The topological polar surface area (TPSA) is 70.3 Å². The van der Waals surface area contributed by atoms with Crippen LogP contribution in [-0.2, 0) is 4.74 Å². The number of carbonyl (C=O) groups is 1. The predicted molar refractivity (Wildman–Crippen MR) is 56.0 cm³/mol. The molecule has 0 saturated heterocycles. The van der Waals surface area contributed by atoms with Gasteiger partial charge in [-0.05, 0) is 19.1 Å². The molecule has 0 amide bonds. The van der Waals surface area contributed by atoms with Crippen LogP contribution in [0, 0.1) is 11.3 Å². The lowest BCUT2D eigenvalue weighted by molar-refractivity contribution is 0.0523. The average molecular weight is 223 g/mol. The number of phenolic OH excluding ortho intramolecular Hbond substituents is 1. The second kappa shape index (κ2) is 4.71. The van der Waals surface area contributed by atoms with Gasteiger partial charge in [-0.25, -0.2) is 4.79 Å². The van der Waals surface area contributed by atoms with Crippen molar-refractivity contribution >= 4 is 18.6 Å². The van der Waals surface area contributed by atoms with Crippen molar-refractivity contribution in [2.75, 3.05) is 6.61 Å². The fourth-order valence-electron chi connectivity index (χ4n) is 1.04. The molecule has 5 heteroatoms. The number of ether oxygens (including phenoxy) is 1. The Morgan fingerprint density at radius 2 is 2.33 bits per heavy atom. The van der Waals surface area contributed by atoms with E-state index in [4.69, 9.17) is 10.00 Å². The third-order valence-corrected chi connectivity index (χ3v) is 2.10. The minimum atomic E-state index is -0.630. The summed E-state index contributed by atoms with van der Waals surface area (Å²) < 4.78 is 4.72. The van der Waals surface area contributed by atoms with Crippen LogP contribution in [0.4, 0.5) is 0 Å². The molecule has 4 nitrogen and oxygen atoms in total. The van der Waals surface area contributed by atoms with Crippen molar-refractivity contribution in [2.24, 2.45) is 0 Å². The lowest BCUT2D eigenvalue weighted by Crippen LogP contribution is -2.05. The maximum Gasteiger partial charge on any atom is 0.341 e. The van der Waals surface area contributed by atoms with E-state index < -0.39 is 5.97 Å². The third-order valence-electron chi connectivity index (χ3n) is 1.73. The van der Waals surface area contributed by atoms with Crippen molar-refractivity contribution in [2.45, 2.75) is 11.8 Å². The van der Waals surface area contributed by atoms with Gasteiger partial charge in [0.1, 0.15) is 17.4 Å². The molecule has 1 N–H and O–H groups in total. The predicted octanol–water partition coefficient (Wildman–Crippen LogP) is 1.73. The highest BCUT2D eigenvalue weighted by molar-refractivity contribution is 7.80. The molecule has 0 aromatic heterocycles. The van der Waals surface area contributed by atoms with Gasteiger partial charge in [0, 0.05) is 4.90 Å². The summed E-state index contributed by atoms with van der Waals surface area (Å²) in [7, 11) is 0. The van der Waals surface area contributed by atoms with Gasteiger partial charge in [-0.2, -0.15) is 5.26 Å². The molecular formula is C10H9NO3S. The second-order valence-electron chi connectivity index (χ2n) is 2.72. The van der Waals surface area contributed by atoms with Crippen LogP contribution >= 0.6 is 12.6 Å². The van der Waals surface area contributed by atoms with Crippen LogP contribution in [0.1, 0.15) is 22.8 Å². The van der Waals surface area contributed by atoms with E-state index in [1.807, 2.05) is 6.07 Å². The summed E-state index contributed by atoms with van der Waals surface area (Å²) in [6.45, 7) is 1.89. The van der Waals surface area contributed by atoms with E-state index in [9.17, 15) is 9.90 Å². The van der Waals surface area contributed by atoms with Gasteiger partial charge >= 0.3 is 5.97 Å². The van der Waals surface area contributed by atoms with Gasteiger partial charge < -0.3 is 9.84 Å². The van der Waals surface area contributed by atoms with Gasteiger partial charge in [-0.1, -0.05) is 0 Å². The number of esters is 1. The molecule has 78 valence electrons.